The number of amides is 1. The highest BCUT2D eigenvalue weighted by molar-refractivity contribution is 5.92. The molecule has 0 bridgehead atoms. The Labute approximate surface area is 118 Å². The molecule has 0 spiro atoms. The van der Waals surface area contributed by atoms with Gasteiger partial charge in [-0.15, -0.1) is 0 Å². The van der Waals surface area contributed by atoms with Crippen molar-refractivity contribution >= 4 is 11.6 Å². The van der Waals surface area contributed by atoms with E-state index < -0.39 is 0 Å². The van der Waals surface area contributed by atoms with Gasteiger partial charge in [-0.1, -0.05) is 49.4 Å². The summed E-state index contributed by atoms with van der Waals surface area (Å²) in [6, 6.07) is 19.8. The van der Waals surface area contributed by atoms with Crippen molar-refractivity contribution in [3.05, 3.63) is 65.7 Å². The minimum absolute atomic E-state index is 0.123. The lowest BCUT2D eigenvalue weighted by Gasteiger charge is -2.13. The molecule has 2 aromatic rings. The molecule has 0 radical (unpaired) electrons. The van der Waals surface area contributed by atoms with E-state index in [2.05, 4.69) is 24.4 Å². The number of hydrogen-bond donors (Lipinski definition) is 1. The van der Waals surface area contributed by atoms with Crippen molar-refractivity contribution in [2.75, 3.05) is 5.32 Å². The second-order valence-electron chi connectivity index (χ2n) is 4.64. The van der Waals surface area contributed by atoms with Gasteiger partial charge in [-0.3, -0.25) is 4.79 Å². The summed E-state index contributed by atoms with van der Waals surface area (Å²) < 4.78 is 0. The quantitative estimate of drug-likeness (QED) is 0.915. The van der Waals surface area contributed by atoms with Gasteiger partial charge >= 0.3 is 0 Å². The molecule has 3 nitrogen and oxygen atoms in total. The van der Waals surface area contributed by atoms with Crippen molar-refractivity contribution in [1.29, 1.82) is 5.26 Å². The second-order valence-corrected chi connectivity index (χ2v) is 4.64. The molecule has 0 aromatic heterocycles. The Bertz CT molecular complexity index is 612. The molecule has 1 atom stereocenters. The fourth-order valence-electron chi connectivity index (χ4n) is 2.07. The van der Waals surface area contributed by atoms with E-state index in [1.165, 1.54) is 11.1 Å². The third-order valence-corrected chi connectivity index (χ3v) is 3.23. The summed E-state index contributed by atoms with van der Waals surface area (Å²) in [6.07, 6.45) is -0.123. The van der Waals surface area contributed by atoms with E-state index in [9.17, 15) is 4.79 Å². The Morgan fingerprint density at radius 2 is 1.70 bits per heavy atom. The molecule has 0 saturated heterocycles. The number of benzene rings is 2. The minimum Gasteiger partial charge on any atom is -0.325 e. The number of carbonyl (C=O) groups is 1. The summed E-state index contributed by atoms with van der Waals surface area (Å²) in [5.74, 6) is 0.0245. The van der Waals surface area contributed by atoms with E-state index in [0.717, 1.165) is 0 Å². The van der Waals surface area contributed by atoms with E-state index in [-0.39, 0.29) is 12.3 Å². The maximum Gasteiger partial charge on any atom is 0.238 e. The summed E-state index contributed by atoms with van der Waals surface area (Å²) in [6.45, 7) is 2.15. The van der Waals surface area contributed by atoms with Crippen molar-refractivity contribution in [3.8, 4) is 6.07 Å². The first-order valence-electron chi connectivity index (χ1n) is 6.52. The van der Waals surface area contributed by atoms with Gasteiger partial charge < -0.3 is 5.32 Å². The molecule has 0 heterocycles. The number of carbonyl (C=O) groups excluding carboxylic acids is 1. The van der Waals surface area contributed by atoms with Crippen LogP contribution in [0.2, 0.25) is 0 Å². The molecule has 1 N–H and O–H groups in total. The fourth-order valence-corrected chi connectivity index (χ4v) is 2.07. The highest BCUT2D eigenvalue weighted by Crippen LogP contribution is 2.24. The monoisotopic (exact) mass is 264 g/mol. The van der Waals surface area contributed by atoms with Crippen LogP contribution < -0.4 is 5.32 Å². The molecule has 0 aliphatic heterocycles. The molecular weight excluding hydrogens is 248 g/mol. The summed E-state index contributed by atoms with van der Waals surface area (Å²) in [7, 11) is 0. The number of hydrogen-bond acceptors (Lipinski definition) is 2. The van der Waals surface area contributed by atoms with Crippen molar-refractivity contribution in [1.82, 2.24) is 0 Å². The first kappa shape index (κ1) is 13.8. The van der Waals surface area contributed by atoms with Crippen LogP contribution in [0.5, 0.6) is 0 Å². The van der Waals surface area contributed by atoms with Gasteiger partial charge in [-0.05, 0) is 23.3 Å². The topological polar surface area (TPSA) is 52.9 Å². The zero-order chi connectivity index (χ0) is 14.4. The van der Waals surface area contributed by atoms with Crippen LogP contribution in [0, 0.1) is 11.3 Å². The molecule has 0 saturated carbocycles. The highest BCUT2D eigenvalue weighted by atomic mass is 16.1. The Hall–Kier alpha value is -2.60. The molecule has 3 heteroatoms. The largest absolute Gasteiger partial charge is 0.325 e. The third-order valence-electron chi connectivity index (χ3n) is 3.23. The summed E-state index contributed by atoms with van der Waals surface area (Å²) in [4.78, 5) is 11.3. The lowest BCUT2D eigenvalue weighted by molar-refractivity contribution is -0.115. The van der Waals surface area contributed by atoms with Gasteiger partial charge in [0.1, 0.15) is 6.42 Å². The molecule has 2 aromatic carbocycles. The van der Waals surface area contributed by atoms with Gasteiger partial charge in [0.25, 0.3) is 0 Å². The standard InChI is InChI=1S/C17H16N2O/c1-13(14-5-3-2-4-6-14)15-7-9-16(10-8-15)19-17(20)11-12-18/h2-10,13H,11H2,1H3,(H,19,20). The van der Waals surface area contributed by atoms with E-state index in [1.807, 2.05) is 48.5 Å². The Morgan fingerprint density at radius 3 is 2.30 bits per heavy atom. The van der Waals surface area contributed by atoms with Gasteiger partial charge in [-0.25, -0.2) is 0 Å². The van der Waals surface area contributed by atoms with Crippen LogP contribution in [0.4, 0.5) is 5.69 Å². The predicted molar refractivity (Wildman–Crippen MR) is 79.3 cm³/mol. The summed E-state index contributed by atoms with van der Waals surface area (Å²) in [5, 5.41) is 11.1. The molecule has 0 aliphatic carbocycles. The van der Waals surface area contributed by atoms with Crippen molar-refractivity contribution < 1.29 is 4.79 Å². The SMILES string of the molecule is CC(c1ccccc1)c1ccc(NC(=O)CC#N)cc1. The van der Waals surface area contributed by atoms with Crippen LogP contribution in [-0.4, -0.2) is 5.91 Å². The summed E-state index contributed by atoms with van der Waals surface area (Å²) >= 11 is 0. The van der Waals surface area contributed by atoms with Gasteiger partial charge in [0.05, 0.1) is 6.07 Å². The highest BCUT2D eigenvalue weighted by Gasteiger charge is 2.08. The predicted octanol–water partition coefficient (Wildman–Crippen LogP) is 3.69. The minimum atomic E-state index is -0.281. The number of anilines is 1. The molecular formula is C17H16N2O. The Kier molecular flexibility index (Phi) is 4.52. The lowest BCUT2D eigenvalue weighted by Crippen LogP contribution is -2.10. The zero-order valence-corrected chi connectivity index (χ0v) is 11.3. The molecule has 100 valence electrons. The number of rotatable bonds is 4. The van der Waals surface area contributed by atoms with Crippen LogP contribution in [0.1, 0.15) is 30.4 Å². The first-order chi connectivity index (χ1) is 9.70. The van der Waals surface area contributed by atoms with Crippen LogP contribution in [0.25, 0.3) is 0 Å². The van der Waals surface area contributed by atoms with Crippen LogP contribution in [0.15, 0.2) is 54.6 Å². The first-order valence-corrected chi connectivity index (χ1v) is 6.52. The molecule has 1 amide bonds. The van der Waals surface area contributed by atoms with E-state index in [4.69, 9.17) is 5.26 Å². The molecule has 0 aliphatic rings. The molecule has 0 fully saturated rings. The van der Waals surface area contributed by atoms with Gasteiger partial charge in [-0.2, -0.15) is 5.26 Å². The van der Waals surface area contributed by atoms with Gasteiger partial charge in [0.2, 0.25) is 5.91 Å². The maximum atomic E-state index is 11.3. The Morgan fingerprint density at radius 1 is 1.10 bits per heavy atom. The van der Waals surface area contributed by atoms with Crippen molar-refractivity contribution in [2.45, 2.75) is 19.3 Å². The van der Waals surface area contributed by atoms with Crippen molar-refractivity contribution in [3.63, 3.8) is 0 Å². The second kappa shape index (κ2) is 6.53. The van der Waals surface area contributed by atoms with Gasteiger partial charge in [0, 0.05) is 11.6 Å². The van der Waals surface area contributed by atoms with Gasteiger partial charge in [0.15, 0.2) is 0 Å². The number of nitriles is 1. The van der Waals surface area contributed by atoms with Crippen LogP contribution >= 0.6 is 0 Å². The molecule has 2 rings (SSSR count). The van der Waals surface area contributed by atoms with E-state index in [1.54, 1.807) is 0 Å². The van der Waals surface area contributed by atoms with E-state index >= 15 is 0 Å². The zero-order valence-electron chi connectivity index (χ0n) is 11.3. The molecule has 1 unspecified atom stereocenters. The average molecular weight is 264 g/mol. The lowest BCUT2D eigenvalue weighted by atomic mass is 9.93. The van der Waals surface area contributed by atoms with E-state index in [0.29, 0.717) is 11.6 Å². The molecule has 20 heavy (non-hydrogen) atoms. The average Bonchev–Trinajstić information content (AvgIpc) is 2.48. The summed E-state index contributed by atoms with van der Waals surface area (Å²) in [5.41, 5.74) is 3.16. The normalized spacial score (nSPS) is 11.4. The fraction of sp³-hybridized carbons (Fsp3) is 0.176. The smallest absolute Gasteiger partial charge is 0.238 e. The van der Waals surface area contributed by atoms with Crippen LogP contribution in [-0.2, 0) is 4.79 Å². The number of nitrogens with zero attached hydrogens (tertiary/aromatic N) is 1. The van der Waals surface area contributed by atoms with Crippen LogP contribution in [0.3, 0.4) is 0 Å². The Balaban J connectivity index is 2.09. The van der Waals surface area contributed by atoms with Crippen molar-refractivity contribution in [2.24, 2.45) is 0 Å². The maximum absolute atomic E-state index is 11.3. The third kappa shape index (κ3) is 3.46. The number of nitrogens with one attached hydrogen (secondary N) is 1.